The number of esters is 1. The van der Waals surface area contributed by atoms with Gasteiger partial charge in [-0.2, -0.15) is 0 Å². The molecule has 3 aromatic rings. The van der Waals surface area contributed by atoms with Crippen molar-refractivity contribution in [2.75, 3.05) is 13.2 Å². The van der Waals surface area contributed by atoms with E-state index in [9.17, 15) is 9.59 Å². The number of ether oxygens (including phenoxy) is 2. The number of nitrogens with zero attached hydrogens (tertiary/aromatic N) is 2. The molecule has 0 atom stereocenters. The van der Waals surface area contributed by atoms with Crippen molar-refractivity contribution in [1.29, 1.82) is 0 Å². The summed E-state index contributed by atoms with van der Waals surface area (Å²) in [4.78, 5) is 30.6. The molecular formula is C19H20N2O4S. The molecule has 0 radical (unpaired) electrons. The summed E-state index contributed by atoms with van der Waals surface area (Å²) in [6, 6.07) is 7.64. The maximum absolute atomic E-state index is 12.5. The van der Waals surface area contributed by atoms with E-state index in [0.29, 0.717) is 10.2 Å². The third-order valence-corrected chi connectivity index (χ3v) is 5.18. The Labute approximate surface area is 155 Å². The summed E-state index contributed by atoms with van der Waals surface area (Å²) in [5, 5.41) is 0.575. The summed E-state index contributed by atoms with van der Waals surface area (Å²) in [7, 11) is 0. The summed E-state index contributed by atoms with van der Waals surface area (Å²) in [5.74, 6) is 0.237. The molecule has 0 unspecified atom stereocenters. The molecule has 6 nitrogen and oxygen atoms in total. The van der Waals surface area contributed by atoms with Crippen LogP contribution in [0.25, 0.3) is 10.2 Å². The Morgan fingerprint density at radius 2 is 2.04 bits per heavy atom. The molecule has 136 valence electrons. The monoisotopic (exact) mass is 372 g/mol. The van der Waals surface area contributed by atoms with E-state index in [1.54, 1.807) is 0 Å². The summed E-state index contributed by atoms with van der Waals surface area (Å²) < 4.78 is 12.0. The second kappa shape index (κ2) is 7.70. The van der Waals surface area contributed by atoms with Crippen LogP contribution >= 0.6 is 11.3 Å². The van der Waals surface area contributed by atoms with E-state index in [2.05, 4.69) is 4.98 Å². The van der Waals surface area contributed by atoms with Crippen LogP contribution in [0.1, 0.15) is 16.0 Å². The normalized spacial score (nSPS) is 10.9. The van der Waals surface area contributed by atoms with Gasteiger partial charge in [-0.25, -0.2) is 4.98 Å². The zero-order valence-corrected chi connectivity index (χ0v) is 15.8. The van der Waals surface area contributed by atoms with E-state index in [-0.39, 0.29) is 25.3 Å². The standard InChI is InChI=1S/C19H20N2O4S/c1-12-5-4-6-15(9-12)24-7-8-25-16(22)10-21-11-20-18-17(19(21)23)13(2)14(3)26-18/h4-6,9,11H,7-8,10H2,1-3H3. The number of fused-ring (bicyclic) bond motifs is 1. The van der Waals surface area contributed by atoms with Crippen LogP contribution < -0.4 is 10.3 Å². The Hall–Kier alpha value is -2.67. The molecule has 0 amide bonds. The molecule has 0 aliphatic rings. The van der Waals surface area contributed by atoms with Crippen molar-refractivity contribution in [3.63, 3.8) is 0 Å². The first-order chi connectivity index (χ1) is 12.5. The van der Waals surface area contributed by atoms with Gasteiger partial charge in [0.05, 0.1) is 11.7 Å². The Morgan fingerprint density at radius 1 is 1.23 bits per heavy atom. The van der Waals surface area contributed by atoms with Crippen molar-refractivity contribution >= 4 is 27.5 Å². The summed E-state index contributed by atoms with van der Waals surface area (Å²) in [6.07, 6.45) is 1.39. The molecule has 2 aromatic heterocycles. The number of hydrogen-bond acceptors (Lipinski definition) is 6. The van der Waals surface area contributed by atoms with E-state index < -0.39 is 5.97 Å². The summed E-state index contributed by atoms with van der Waals surface area (Å²) >= 11 is 1.48. The molecule has 0 saturated carbocycles. The van der Waals surface area contributed by atoms with Gasteiger partial charge in [-0.3, -0.25) is 14.2 Å². The summed E-state index contributed by atoms with van der Waals surface area (Å²) in [5.41, 5.74) is 1.79. The van der Waals surface area contributed by atoms with Gasteiger partial charge in [-0.05, 0) is 44.0 Å². The minimum atomic E-state index is -0.495. The molecule has 0 aliphatic heterocycles. The number of hydrogen-bond donors (Lipinski definition) is 0. The topological polar surface area (TPSA) is 70.4 Å². The zero-order chi connectivity index (χ0) is 18.7. The molecule has 0 N–H and O–H groups in total. The number of carbonyl (C=O) groups is 1. The number of rotatable bonds is 6. The van der Waals surface area contributed by atoms with Crippen LogP contribution in [0.2, 0.25) is 0 Å². The third kappa shape index (κ3) is 3.94. The first-order valence-corrected chi connectivity index (χ1v) is 9.07. The number of thiophene rings is 1. The minimum absolute atomic E-state index is 0.119. The summed E-state index contributed by atoms with van der Waals surface area (Å²) in [6.45, 7) is 6.03. The van der Waals surface area contributed by atoms with Gasteiger partial charge < -0.3 is 9.47 Å². The van der Waals surface area contributed by atoms with Crippen LogP contribution in [0.4, 0.5) is 0 Å². The van der Waals surface area contributed by atoms with Gasteiger partial charge in [0.15, 0.2) is 0 Å². The van der Waals surface area contributed by atoms with Crippen LogP contribution in [0.3, 0.4) is 0 Å². The van der Waals surface area contributed by atoms with Crippen molar-refractivity contribution in [3.05, 3.63) is 57.0 Å². The molecule has 26 heavy (non-hydrogen) atoms. The van der Waals surface area contributed by atoms with Crippen LogP contribution in [0.5, 0.6) is 5.75 Å². The molecular weight excluding hydrogens is 352 g/mol. The predicted octanol–water partition coefficient (Wildman–Crippen LogP) is 3.01. The van der Waals surface area contributed by atoms with Gasteiger partial charge >= 0.3 is 5.97 Å². The first kappa shape index (κ1) is 18.1. The van der Waals surface area contributed by atoms with E-state index >= 15 is 0 Å². The van der Waals surface area contributed by atoms with Crippen molar-refractivity contribution in [2.45, 2.75) is 27.3 Å². The lowest BCUT2D eigenvalue weighted by atomic mass is 10.2. The largest absolute Gasteiger partial charge is 0.490 e. The molecule has 0 spiro atoms. The fourth-order valence-electron chi connectivity index (χ4n) is 2.59. The average Bonchev–Trinajstić information content (AvgIpc) is 2.89. The quantitative estimate of drug-likeness (QED) is 0.491. The van der Waals surface area contributed by atoms with Gasteiger partial charge in [0, 0.05) is 4.88 Å². The van der Waals surface area contributed by atoms with Crippen molar-refractivity contribution in [3.8, 4) is 5.75 Å². The van der Waals surface area contributed by atoms with Crippen molar-refractivity contribution < 1.29 is 14.3 Å². The van der Waals surface area contributed by atoms with E-state index in [1.807, 2.05) is 45.0 Å². The van der Waals surface area contributed by atoms with Crippen LogP contribution in [-0.4, -0.2) is 28.7 Å². The number of aromatic nitrogens is 2. The van der Waals surface area contributed by atoms with Gasteiger partial charge in [0.1, 0.15) is 30.3 Å². The smallest absolute Gasteiger partial charge is 0.326 e. The number of aryl methyl sites for hydroxylation is 3. The maximum Gasteiger partial charge on any atom is 0.326 e. The molecule has 0 bridgehead atoms. The van der Waals surface area contributed by atoms with Crippen molar-refractivity contribution in [1.82, 2.24) is 9.55 Å². The first-order valence-electron chi connectivity index (χ1n) is 8.26. The Morgan fingerprint density at radius 3 is 2.81 bits per heavy atom. The molecule has 0 aliphatic carbocycles. The van der Waals surface area contributed by atoms with Crippen LogP contribution in [-0.2, 0) is 16.1 Å². The molecule has 7 heteroatoms. The maximum atomic E-state index is 12.5. The fourth-order valence-corrected chi connectivity index (χ4v) is 3.57. The van der Waals surface area contributed by atoms with Gasteiger partial charge in [0.25, 0.3) is 5.56 Å². The Bertz CT molecular complexity index is 1010. The Kier molecular flexibility index (Phi) is 5.37. The lowest BCUT2D eigenvalue weighted by Crippen LogP contribution is -2.26. The highest BCUT2D eigenvalue weighted by molar-refractivity contribution is 7.18. The lowest BCUT2D eigenvalue weighted by Gasteiger charge is -2.09. The van der Waals surface area contributed by atoms with Crippen LogP contribution in [0, 0.1) is 20.8 Å². The predicted molar refractivity (Wildman–Crippen MR) is 101 cm³/mol. The van der Waals surface area contributed by atoms with E-state index in [4.69, 9.17) is 9.47 Å². The van der Waals surface area contributed by atoms with Crippen molar-refractivity contribution in [2.24, 2.45) is 0 Å². The second-order valence-corrected chi connectivity index (χ2v) is 7.23. The van der Waals surface area contributed by atoms with Crippen LogP contribution in [0.15, 0.2) is 35.4 Å². The number of benzene rings is 1. The molecule has 1 aromatic carbocycles. The second-order valence-electron chi connectivity index (χ2n) is 6.03. The highest BCUT2D eigenvalue weighted by Gasteiger charge is 2.14. The van der Waals surface area contributed by atoms with Gasteiger partial charge in [-0.1, -0.05) is 12.1 Å². The highest BCUT2D eigenvalue weighted by Crippen LogP contribution is 2.25. The lowest BCUT2D eigenvalue weighted by molar-refractivity contribution is -0.145. The average molecular weight is 372 g/mol. The zero-order valence-electron chi connectivity index (χ0n) is 14.9. The highest BCUT2D eigenvalue weighted by atomic mass is 32.1. The molecule has 0 fully saturated rings. The van der Waals surface area contributed by atoms with Gasteiger partial charge in [-0.15, -0.1) is 11.3 Å². The fraction of sp³-hybridized carbons (Fsp3) is 0.316. The Balaban J connectivity index is 1.57. The van der Waals surface area contributed by atoms with E-state index in [1.165, 1.54) is 22.2 Å². The van der Waals surface area contributed by atoms with E-state index in [0.717, 1.165) is 21.8 Å². The minimum Gasteiger partial charge on any atom is -0.490 e. The SMILES string of the molecule is Cc1cccc(OCCOC(=O)Cn2cnc3sc(C)c(C)c3c2=O)c1. The molecule has 3 rings (SSSR count). The number of carbonyl (C=O) groups excluding carboxylic acids is 1. The third-order valence-electron chi connectivity index (χ3n) is 4.06. The molecule has 2 heterocycles. The molecule has 0 saturated heterocycles. The van der Waals surface area contributed by atoms with Gasteiger partial charge in [0.2, 0.25) is 0 Å².